The number of carbonyl (C=O) groups excluding carboxylic acids is 1. The van der Waals surface area contributed by atoms with Gasteiger partial charge in [0.2, 0.25) is 0 Å². The van der Waals surface area contributed by atoms with Crippen molar-refractivity contribution in [3.05, 3.63) is 88.5 Å². The minimum Gasteiger partial charge on any atom is -0.319 e. The molecular weight excluding hydrogens is 397 g/mol. The van der Waals surface area contributed by atoms with Gasteiger partial charge in [-0.25, -0.2) is 4.98 Å². The number of carbonyl (C=O) groups is 1. The number of pyridine rings is 1. The van der Waals surface area contributed by atoms with E-state index in [-0.39, 0.29) is 33.7 Å². The Morgan fingerprint density at radius 1 is 1.00 bits per heavy atom. The van der Waals surface area contributed by atoms with Crippen molar-refractivity contribution in [3.63, 3.8) is 0 Å². The summed E-state index contributed by atoms with van der Waals surface area (Å²) in [4.78, 5) is 35.7. The van der Waals surface area contributed by atoms with Crippen LogP contribution in [0.1, 0.15) is 16.1 Å². The lowest BCUT2D eigenvalue weighted by molar-refractivity contribution is -0.137. The Kier molecular flexibility index (Phi) is 4.78. The largest absolute Gasteiger partial charge is 0.416 e. The van der Waals surface area contributed by atoms with Crippen molar-refractivity contribution in [2.24, 2.45) is 0 Å². The summed E-state index contributed by atoms with van der Waals surface area (Å²) in [6.07, 6.45) is -3.07. The second-order valence-electron chi connectivity index (χ2n) is 6.36. The van der Waals surface area contributed by atoms with Gasteiger partial charge in [-0.1, -0.05) is 24.3 Å². The summed E-state index contributed by atoms with van der Waals surface area (Å²) in [5.41, 5.74) is -0.756. The number of hydrogen-bond donors (Lipinski definition) is 2. The smallest absolute Gasteiger partial charge is 0.319 e. The van der Waals surface area contributed by atoms with Crippen LogP contribution < -0.4 is 10.9 Å². The van der Waals surface area contributed by atoms with Crippen molar-refractivity contribution in [2.75, 3.05) is 5.32 Å². The van der Waals surface area contributed by atoms with Crippen LogP contribution in [-0.4, -0.2) is 20.9 Å². The number of aromatic amines is 1. The van der Waals surface area contributed by atoms with Gasteiger partial charge in [0.15, 0.2) is 0 Å². The minimum absolute atomic E-state index is 0.0434. The molecule has 2 heterocycles. The van der Waals surface area contributed by atoms with Gasteiger partial charge >= 0.3 is 6.18 Å². The molecule has 4 rings (SSSR count). The summed E-state index contributed by atoms with van der Waals surface area (Å²) in [6.45, 7) is 0. The molecule has 30 heavy (non-hydrogen) atoms. The number of nitrogens with zero attached hydrogens (tertiary/aromatic N) is 2. The lowest BCUT2D eigenvalue weighted by Crippen LogP contribution is -2.16. The normalized spacial score (nSPS) is 11.4. The van der Waals surface area contributed by atoms with Gasteiger partial charge in [0, 0.05) is 11.8 Å². The highest BCUT2D eigenvalue weighted by atomic mass is 19.4. The SMILES string of the molecule is O=C(Nc1cccc2c(=O)[nH]c(-c3cccc(C(F)(F)F)c3)nc12)c1ccccn1. The van der Waals surface area contributed by atoms with E-state index in [0.29, 0.717) is 0 Å². The maximum atomic E-state index is 13.0. The van der Waals surface area contributed by atoms with E-state index < -0.39 is 23.2 Å². The molecule has 1 amide bonds. The lowest BCUT2D eigenvalue weighted by atomic mass is 10.1. The summed E-state index contributed by atoms with van der Waals surface area (Å²) in [5.74, 6) is -0.552. The molecule has 4 aromatic rings. The highest BCUT2D eigenvalue weighted by Crippen LogP contribution is 2.31. The summed E-state index contributed by atoms with van der Waals surface area (Å²) >= 11 is 0. The van der Waals surface area contributed by atoms with Crippen LogP contribution in [0, 0.1) is 0 Å². The van der Waals surface area contributed by atoms with Gasteiger partial charge in [0.1, 0.15) is 17.0 Å². The third-order valence-corrected chi connectivity index (χ3v) is 4.35. The predicted molar refractivity (Wildman–Crippen MR) is 105 cm³/mol. The number of rotatable bonds is 3. The van der Waals surface area contributed by atoms with Gasteiger partial charge in [0.05, 0.1) is 16.6 Å². The molecular formula is C21H13F3N4O2. The molecule has 150 valence electrons. The van der Waals surface area contributed by atoms with Crippen LogP contribution in [0.2, 0.25) is 0 Å². The van der Waals surface area contributed by atoms with Gasteiger partial charge in [-0.05, 0) is 36.4 Å². The zero-order valence-electron chi connectivity index (χ0n) is 15.2. The highest BCUT2D eigenvalue weighted by molar-refractivity contribution is 6.07. The standard InChI is InChI=1S/C21H13F3N4O2/c22-21(23,24)13-6-3-5-12(11-13)18-27-17-14(19(29)28-18)7-4-9-15(17)26-20(30)16-8-1-2-10-25-16/h1-11H,(H,26,30)(H,27,28,29). The number of alkyl halides is 3. The molecule has 0 unspecified atom stereocenters. The molecule has 0 saturated heterocycles. The zero-order valence-corrected chi connectivity index (χ0v) is 15.2. The van der Waals surface area contributed by atoms with Gasteiger partial charge in [0.25, 0.3) is 11.5 Å². The number of hydrogen-bond acceptors (Lipinski definition) is 4. The van der Waals surface area contributed by atoms with Gasteiger partial charge in [-0.2, -0.15) is 13.2 Å². The molecule has 9 heteroatoms. The lowest BCUT2D eigenvalue weighted by Gasteiger charge is -2.11. The van der Waals surface area contributed by atoms with Gasteiger partial charge < -0.3 is 10.3 Å². The van der Waals surface area contributed by atoms with Crippen molar-refractivity contribution in [1.29, 1.82) is 0 Å². The number of para-hydroxylation sites is 1. The van der Waals surface area contributed by atoms with Crippen molar-refractivity contribution < 1.29 is 18.0 Å². The Morgan fingerprint density at radius 3 is 2.53 bits per heavy atom. The van der Waals surface area contributed by atoms with E-state index in [9.17, 15) is 22.8 Å². The van der Waals surface area contributed by atoms with E-state index in [1.165, 1.54) is 30.5 Å². The highest BCUT2D eigenvalue weighted by Gasteiger charge is 2.30. The molecule has 0 aliphatic heterocycles. The molecule has 2 aromatic carbocycles. The van der Waals surface area contributed by atoms with Gasteiger partial charge in [-0.3, -0.25) is 14.6 Å². The molecule has 0 aliphatic rings. The molecule has 0 atom stereocenters. The van der Waals surface area contributed by atoms with E-state index in [0.717, 1.165) is 12.1 Å². The number of amides is 1. The van der Waals surface area contributed by atoms with E-state index >= 15 is 0 Å². The third-order valence-electron chi connectivity index (χ3n) is 4.35. The van der Waals surface area contributed by atoms with E-state index in [2.05, 4.69) is 20.3 Å². The van der Waals surface area contributed by atoms with Gasteiger partial charge in [-0.15, -0.1) is 0 Å². The molecule has 0 spiro atoms. The Labute approximate surface area is 167 Å². The molecule has 0 fully saturated rings. The van der Waals surface area contributed by atoms with E-state index in [4.69, 9.17) is 0 Å². The number of anilines is 1. The molecule has 0 aliphatic carbocycles. The van der Waals surface area contributed by atoms with Crippen LogP contribution >= 0.6 is 0 Å². The van der Waals surface area contributed by atoms with Crippen LogP contribution in [0.15, 0.2) is 71.7 Å². The molecule has 0 bridgehead atoms. The Balaban J connectivity index is 1.81. The summed E-state index contributed by atoms with van der Waals surface area (Å²) < 4.78 is 39.1. The number of fused-ring (bicyclic) bond motifs is 1. The van der Waals surface area contributed by atoms with Crippen molar-refractivity contribution in [1.82, 2.24) is 15.0 Å². The maximum Gasteiger partial charge on any atom is 0.416 e. The van der Waals surface area contributed by atoms with Crippen LogP contribution in [0.3, 0.4) is 0 Å². The second kappa shape index (κ2) is 7.43. The molecule has 0 radical (unpaired) electrons. The number of nitrogens with one attached hydrogen (secondary N) is 2. The topological polar surface area (TPSA) is 87.7 Å². The van der Waals surface area contributed by atoms with Crippen LogP contribution in [0.4, 0.5) is 18.9 Å². The molecule has 6 nitrogen and oxygen atoms in total. The fraction of sp³-hybridized carbons (Fsp3) is 0.0476. The molecule has 2 N–H and O–H groups in total. The number of H-pyrrole nitrogens is 1. The first-order valence-electron chi connectivity index (χ1n) is 8.76. The first-order valence-corrected chi connectivity index (χ1v) is 8.76. The van der Waals surface area contributed by atoms with Crippen molar-refractivity contribution in [2.45, 2.75) is 6.18 Å². The van der Waals surface area contributed by atoms with Crippen molar-refractivity contribution in [3.8, 4) is 11.4 Å². The van der Waals surface area contributed by atoms with Crippen LogP contribution in [0.5, 0.6) is 0 Å². The minimum atomic E-state index is -4.53. The Bertz CT molecular complexity index is 1300. The number of halogens is 3. The first-order chi connectivity index (χ1) is 14.3. The zero-order chi connectivity index (χ0) is 21.3. The third kappa shape index (κ3) is 3.77. The summed E-state index contributed by atoms with van der Waals surface area (Å²) in [5, 5.41) is 2.83. The Morgan fingerprint density at radius 2 is 1.80 bits per heavy atom. The van der Waals surface area contributed by atoms with Crippen LogP contribution in [0.25, 0.3) is 22.3 Å². The average molecular weight is 410 g/mol. The van der Waals surface area contributed by atoms with E-state index in [1.54, 1.807) is 24.3 Å². The second-order valence-corrected chi connectivity index (χ2v) is 6.36. The summed E-state index contributed by atoms with van der Waals surface area (Å²) in [6, 6.07) is 13.9. The summed E-state index contributed by atoms with van der Waals surface area (Å²) in [7, 11) is 0. The fourth-order valence-corrected chi connectivity index (χ4v) is 2.93. The van der Waals surface area contributed by atoms with Crippen LogP contribution in [-0.2, 0) is 6.18 Å². The fourth-order valence-electron chi connectivity index (χ4n) is 2.93. The average Bonchev–Trinajstić information content (AvgIpc) is 2.74. The first kappa shape index (κ1) is 19.3. The quantitative estimate of drug-likeness (QED) is 0.528. The predicted octanol–water partition coefficient (Wildman–Crippen LogP) is 4.26. The number of benzene rings is 2. The van der Waals surface area contributed by atoms with E-state index in [1.807, 2.05) is 0 Å². The number of aromatic nitrogens is 3. The molecule has 0 saturated carbocycles. The van der Waals surface area contributed by atoms with Crippen molar-refractivity contribution >= 4 is 22.5 Å². The maximum absolute atomic E-state index is 13.0. The Hall–Kier alpha value is -4.01. The monoisotopic (exact) mass is 410 g/mol. The molecule has 2 aromatic heterocycles.